The van der Waals surface area contributed by atoms with E-state index in [0.29, 0.717) is 6.54 Å². The van der Waals surface area contributed by atoms with E-state index in [1.165, 1.54) is 0 Å². The SMILES string of the molecule is CC(NCc1ccncc1)C(=O)O. The molecule has 0 saturated carbocycles. The first kappa shape index (κ1) is 9.67. The molecule has 0 radical (unpaired) electrons. The zero-order chi connectivity index (χ0) is 9.68. The fourth-order valence-electron chi connectivity index (χ4n) is 0.859. The Morgan fingerprint density at radius 1 is 1.62 bits per heavy atom. The molecule has 1 heterocycles. The Morgan fingerprint density at radius 2 is 2.23 bits per heavy atom. The second-order valence-electron chi connectivity index (χ2n) is 2.80. The number of carboxylic acids is 1. The number of hydrogen-bond acceptors (Lipinski definition) is 3. The minimum absolute atomic E-state index is 0.520. The van der Waals surface area contributed by atoms with Gasteiger partial charge in [0, 0.05) is 18.9 Å². The minimum atomic E-state index is -0.839. The second kappa shape index (κ2) is 4.57. The number of carboxylic acid groups (broad SMARTS) is 1. The van der Waals surface area contributed by atoms with E-state index in [2.05, 4.69) is 10.3 Å². The summed E-state index contributed by atoms with van der Waals surface area (Å²) in [6.07, 6.45) is 3.37. The summed E-state index contributed by atoms with van der Waals surface area (Å²) >= 11 is 0. The predicted molar refractivity (Wildman–Crippen MR) is 48.2 cm³/mol. The number of rotatable bonds is 4. The van der Waals surface area contributed by atoms with E-state index in [-0.39, 0.29) is 0 Å². The fraction of sp³-hybridized carbons (Fsp3) is 0.333. The van der Waals surface area contributed by atoms with Gasteiger partial charge in [-0.25, -0.2) is 0 Å². The standard InChI is InChI=1S/C9H12N2O2/c1-7(9(12)13)11-6-8-2-4-10-5-3-8/h2-5,7,11H,6H2,1H3,(H,12,13). The maximum absolute atomic E-state index is 10.4. The Labute approximate surface area is 76.6 Å². The Hall–Kier alpha value is -1.42. The highest BCUT2D eigenvalue weighted by molar-refractivity contribution is 5.72. The zero-order valence-corrected chi connectivity index (χ0v) is 7.40. The molecular weight excluding hydrogens is 168 g/mol. The van der Waals surface area contributed by atoms with Crippen molar-refractivity contribution in [1.82, 2.24) is 10.3 Å². The normalized spacial score (nSPS) is 12.4. The van der Waals surface area contributed by atoms with Crippen LogP contribution in [0.5, 0.6) is 0 Å². The molecule has 4 nitrogen and oxygen atoms in total. The van der Waals surface area contributed by atoms with Crippen molar-refractivity contribution in [3.8, 4) is 0 Å². The first-order valence-corrected chi connectivity index (χ1v) is 4.05. The molecule has 1 aromatic heterocycles. The fourth-order valence-corrected chi connectivity index (χ4v) is 0.859. The van der Waals surface area contributed by atoms with Crippen LogP contribution in [0.3, 0.4) is 0 Å². The van der Waals surface area contributed by atoms with Gasteiger partial charge in [-0.2, -0.15) is 0 Å². The van der Waals surface area contributed by atoms with Crippen LogP contribution < -0.4 is 5.32 Å². The Morgan fingerprint density at radius 3 is 2.77 bits per heavy atom. The Bertz CT molecular complexity index is 274. The van der Waals surface area contributed by atoms with Crippen molar-refractivity contribution in [3.05, 3.63) is 30.1 Å². The molecule has 70 valence electrons. The third-order valence-electron chi connectivity index (χ3n) is 1.73. The summed E-state index contributed by atoms with van der Waals surface area (Å²) in [5.74, 6) is -0.839. The number of hydrogen-bond donors (Lipinski definition) is 2. The molecule has 0 fully saturated rings. The topological polar surface area (TPSA) is 62.2 Å². The number of aromatic nitrogens is 1. The molecule has 0 saturated heterocycles. The van der Waals surface area contributed by atoms with Gasteiger partial charge in [-0.15, -0.1) is 0 Å². The summed E-state index contributed by atoms with van der Waals surface area (Å²) in [5.41, 5.74) is 1.03. The van der Waals surface area contributed by atoms with E-state index in [1.807, 2.05) is 12.1 Å². The molecule has 1 unspecified atom stereocenters. The van der Waals surface area contributed by atoms with Crippen LogP contribution in [0.25, 0.3) is 0 Å². The Kier molecular flexibility index (Phi) is 3.40. The van der Waals surface area contributed by atoms with Crippen molar-refractivity contribution < 1.29 is 9.90 Å². The smallest absolute Gasteiger partial charge is 0.320 e. The van der Waals surface area contributed by atoms with Gasteiger partial charge >= 0.3 is 5.97 Å². The average molecular weight is 180 g/mol. The van der Waals surface area contributed by atoms with Gasteiger partial charge in [0.25, 0.3) is 0 Å². The lowest BCUT2D eigenvalue weighted by atomic mass is 10.2. The highest BCUT2D eigenvalue weighted by atomic mass is 16.4. The summed E-state index contributed by atoms with van der Waals surface area (Å²) < 4.78 is 0. The van der Waals surface area contributed by atoms with Crippen molar-refractivity contribution >= 4 is 5.97 Å². The van der Waals surface area contributed by atoms with E-state index in [1.54, 1.807) is 19.3 Å². The number of nitrogens with zero attached hydrogens (tertiary/aromatic N) is 1. The molecule has 0 bridgehead atoms. The number of pyridine rings is 1. The van der Waals surface area contributed by atoms with Crippen LogP contribution in [0.4, 0.5) is 0 Å². The summed E-state index contributed by atoms with van der Waals surface area (Å²) in [6, 6.07) is 3.18. The first-order valence-electron chi connectivity index (χ1n) is 4.05. The molecule has 1 rings (SSSR count). The third-order valence-corrected chi connectivity index (χ3v) is 1.73. The first-order chi connectivity index (χ1) is 6.20. The van der Waals surface area contributed by atoms with Crippen molar-refractivity contribution in [2.24, 2.45) is 0 Å². The van der Waals surface area contributed by atoms with Crippen LogP contribution >= 0.6 is 0 Å². The lowest BCUT2D eigenvalue weighted by Gasteiger charge is -2.08. The number of nitrogens with one attached hydrogen (secondary N) is 1. The van der Waals surface area contributed by atoms with Gasteiger partial charge in [-0.1, -0.05) is 0 Å². The van der Waals surface area contributed by atoms with Crippen LogP contribution in [-0.2, 0) is 11.3 Å². The number of aliphatic carboxylic acids is 1. The van der Waals surface area contributed by atoms with Crippen LogP contribution in [0, 0.1) is 0 Å². The highest BCUT2D eigenvalue weighted by Crippen LogP contribution is 1.95. The second-order valence-corrected chi connectivity index (χ2v) is 2.80. The molecule has 4 heteroatoms. The summed E-state index contributed by atoms with van der Waals surface area (Å²) in [5, 5.41) is 11.5. The maximum atomic E-state index is 10.4. The molecule has 1 atom stereocenters. The van der Waals surface area contributed by atoms with E-state index in [0.717, 1.165) is 5.56 Å². The average Bonchev–Trinajstić information content (AvgIpc) is 2.15. The van der Waals surface area contributed by atoms with Crippen LogP contribution in [-0.4, -0.2) is 22.1 Å². The van der Waals surface area contributed by atoms with E-state index >= 15 is 0 Å². The Balaban J connectivity index is 2.39. The predicted octanol–water partition coefficient (Wildman–Crippen LogP) is 0.644. The van der Waals surface area contributed by atoms with E-state index < -0.39 is 12.0 Å². The molecule has 0 spiro atoms. The maximum Gasteiger partial charge on any atom is 0.320 e. The van der Waals surface area contributed by atoms with Gasteiger partial charge in [0.15, 0.2) is 0 Å². The van der Waals surface area contributed by atoms with Gasteiger partial charge in [-0.3, -0.25) is 9.78 Å². The largest absolute Gasteiger partial charge is 0.480 e. The monoisotopic (exact) mass is 180 g/mol. The van der Waals surface area contributed by atoms with Crippen LogP contribution in [0.1, 0.15) is 12.5 Å². The molecular formula is C9H12N2O2. The number of carbonyl (C=O) groups is 1. The molecule has 0 amide bonds. The van der Waals surface area contributed by atoms with Gasteiger partial charge in [0.1, 0.15) is 6.04 Å². The quantitative estimate of drug-likeness (QED) is 0.714. The summed E-state index contributed by atoms with van der Waals surface area (Å²) in [7, 11) is 0. The van der Waals surface area contributed by atoms with Crippen molar-refractivity contribution in [3.63, 3.8) is 0 Å². The van der Waals surface area contributed by atoms with Crippen molar-refractivity contribution in [2.75, 3.05) is 0 Å². The summed E-state index contributed by atoms with van der Waals surface area (Å²) in [6.45, 7) is 2.17. The van der Waals surface area contributed by atoms with Gasteiger partial charge in [0.2, 0.25) is 0 Å². The zero-order valence-electron chi connectivity index (χ0n) is 7.40. The molecule has 0 aliphatic rings. The molecule has 0 aromatic carbocycles. The lowest BCUT2D eigenvalue weighted by molar-refractivity contribution is -0.139. The molecule has 2 N–H and O–H groups in total. The highest BCUT2D eigenvalue weighted by Gasteiger charge is 2.08. The van der Waals surface area contributed by atoms with Crippen molar-refractivity contribution in [1.29, 1.82) is 0 Å². The molecule has 0 aliphatic carbocycles. The van der Waals surface area contributed by atoms with Crippen LogP contribution in [0.15, 0.2) is 24.5 Å². The van der Waals surface area contributed by atoms with E-state index in [9.17, 15) is 4.79 Å². The minimum Gasteiger partial charge on any atom is -0.480 e. The lowest BCUT2D eigenvalue weighted by Crippen LogP contribution is -2.33. The third kappa shape index (κ3) is 3.21. The summed E-state index contributed by atoms with van der Waals surface area (Å²) in [4.78, 5) is 14.3. The van der Waals surface area contributed by atoms with E-state index in [4.69, 9.17) is 5.11 Å². The molecule has 0 aliphatic heterocycles. The van der Waals surface area contributed by atoms with Crippen LogP contribution in [0.2, 0.25) is 0 Å². The van der Waals surface area contributed by atoms with Crippen molar-refractivity contribution in [2.45, 2.75) is 19.5 Å². The van der Waals surface area contributed by atoms with Gasteiger partial charge < -0.3 is 10.4 Å². The van der Waals surface area contributed by atoms with Gasteiger partial charge in [-0.05, 0) is 24.6 Å². The molecule has 1 aromatic rings. The molecule has 13 heavy (non-hydrogen) atoms. The van der Waals surface area contributed by atoms with Gasteiger partial charge in [0.05, 0.1) is 0 Å².